The lowest BCUT2D eigenvalue weighted by atomic mass is 10.1. The third-order valence-corrected chi connectivity index (χ3v) is 2.99. The number of amides is 1. The van der Waals surface area contributed by atoms with Gasteiger partial charge in [-0.3, -0.25) is 9.59 Å². The lowest BCUT2D eigenvalue weighted by Crippen LogP contribution is -2.12. The van der Waals surface area contributed by atoms with E-state index in [1.54, 1.807) is 24.3 Å². The summed E-state index contributed by atoms with van der Waals surface area (Å²) >= 11 is 0. The molecule has 1 aromatic heterocycles. The number of pyridine rings is 1. The molecule has 0 radical (unpaired) electrons. The molecule has 4 nitrogen and oxygen atoms in total. The van der Waals surface area contributed by atoms with Crippen LogP contribution < -0.4 is 11.2 Å². The highest BCUT2D eigenvalue weighted by molar-refractivity contribution is 5.99. The van der Waals surface area contributed by atoms with Gasteiger partial charge in [-0.25, -0.2) is 0 Å². The van der Waals surface area contributed by atoms with Crippen LogP contribution in [0.3, 0.4) is 0 Å². The van der Waals surface area contributed by atoms with E-state index in [1.807, 2.05) is 18.2 Å². The highest BCUT2D eigenvalue weighted by Crippen LogP contribution is 2.15. The van der Waals surface area contributed by atoms with Crippen LogP contribution in [0.1, 0.15) is 10.4 Å². The van der Waals surface area contributed by atoms with Crippen molar-refractivity contribution in [3.8, 4) is 0 Å². The number of hydrogen-bond acceptors (Lipinski definition) is 2. The van der Waals surface area contributed by atoms with Gasteiger partial charge in [-0.2, -0.15) is 0 Å². The maximum absolute atomic E-state index is 12.2. The Morgan fingerprint density at radius 2 is 1.72 bits per heavy atom. The normalized spacial score (nSPS) is 10.9. The number of fused-ring (bicyclic) bond motifs is 2. The number of primary amides is 1. The summed E-state index contributed by atoms with van der Waals surface area (Å²) in [5.41, 5.74) is 6.93. The molecule has 0 aliphatic rings. The highest BCUT2D eigenvalue weighted by atomic mass is 16.1. The second kappa shape index (κ2) is 3.70. The number of para-hydroxylation sites is 1. The van der Waals surface area contributed by atoms with Gasteiger partial charge in [0.05, 0.1) is 5.52 Å². The van der Waals surface area contributed by atoms with E-state index in [2.05, 4.69) is 4.98 Å². The molecule has 0 unspecified atom stereocenters. The van der Waals surface area contributed by atoms with Crippen molar-refractivity contribution in [1.29, 1.82) is 0 Å². The molecule has 0 bridgehead atoms. The van der Waals surface area contributed by atoms with E-state index >= 15 is 0 Å². The summed E-state index contributed by atoms with van der Waals surface area (Å²) in [5, 5.41) is 1.19. The van der Waals surface area contributed by atoms with E-state index in [9.17, 15) is 9.59 Å². The fourth-order valence-electron chi connectivity index (χ4n) is 2.08. The number of carbonyl (C=O) groups is 1. The van der Waals surface area contributed by atoms with Gasteiger partial charge in [-0.15, -0.1) is 0 Å². The van der Waals surface area contributed by atoms with Crippen molar-refractivity contribution in [3.63, 3.8) is 0 Å². The smallest absolute Gasteiger partial charge is 0.248 e. The number of benzene rings is 2. The second-order valence-electron chi connectivity index (χ2n) is 4.12. The van der Waals surface area contributed by atoms with Gasteiger partial charge in [0.15, 0.2) is 5.43 Å². The van der Waals surface area contributed by atoms with Crippen LogP contribution in [0.4, 0.5) is 0 Å². The molecule has 0 saturated heterocycles. The fraction of sp³-hybridized carbons (Fsp3) is 0. The Bertz CT molecular complexity index is 834. The summed E-state index contributed by atoms with van der Waals surface area (Å²) in [7, 11) is 0. The number of rotatable bonds is 1. The maximum Gasteiger partial charge on any atom is 0.248 e. The standard InChI is InChI=1S/C14H10N2O2/c15-14(18)8-5-6-10-12(7-8)16-11-4-2-1-3-9(11)13(10)17/h1-7H,(H2,15,18)(H,16,17). The lowest BCUT2D eigenvalue weighted by molar-refractivity contribution is 0.100. The molecule has 0 spiro atoms. The zero-order valence-electron chi connectivity index (χ0n) is 9.44. The number of hydrogen-bond donors (Lipinski definition) is 2. The van der Waals surface area contributed by atoms with Gasteiger partial charge in [0.25, 0.3) is 0 Å². The number of nitrogens with one attached hydrogen (secondary N) is 1. The quantitative estimate of drug-likeness (QED) is 0.634. The summed E-state index contributed by atoms with van der Waals surface area (Å²) in [4.78, 5) is 26.5. The SMILES string of the molecule is NC(=O)c1ccc2c(=O)c3ccccc3[nH]c2c1. The average Bonchev–Trinajstić information content (AvgIpc) is 2.38. The van der Waals surface area contributed by atoms with Gasteiger partial charge in [-0.05, 0) is 30.3 Å². The molecule has 1 amide bonds. The minimum absolute atomic E-state index is 0.0460. The zero-order chi connectivity index (χ0) is 12.7. The van der Waals surface area contributed by atoms with Gasteiger partial charge in [0, 0.05) is 21.9 Å². The summed E-state index contributed by atoms with van der Waals surface area (Å²) in [6.07, 6.45) is 0. The van der Waals surface area contributed by atoms with Crippen molar-refractivity contribution in [1.82, 2.24) is 4.98 Å². The lowest BCUT2D eigenvalue weighted by Gasteiger charge is -2.03. The molecule has 18 heavy (non-hydrogen) atoms. The monoisotopic (exact) mass is 238 g/mol. The molecule has 1 heterocycles. The van der Waals surface area contributed by atoms with Crippen LogP contribution >= 0.6 is 0 Å². The van der Waals surface area contributed by atoms with Gasteiger partial charge in [-0.1, -0.05) is 12.1 Å². The van der Waals surface area contributed by atoms with E-state index in [0.29, 0.717) is 21.9 Å². The molecule has 0 atom stereocenters. The van der Waals surface area contributed by atoms with Crippen LogP contribution in [0.2, 0.25) is 0 Å². The molecule has 0 aliphatic heterocycles. The molecule has 4 heteroatoms. The van der Waals surface area contributed by atoms with Crippen LogP contribution in [0.15, 0.2) is 47.3 Å². The second-order valence-corrected chi connectivity index (χ2v) is 4.12. The first-order chi connectivity index (χ1) is 8.66. The summed E-state index contributed by atoms with van der Waals surface area (Å²) in [5.74, 6) is -0.508. The molecule has 0 fully saturated rings. The Balaban J connectivity index is 2.48. The third-order valence-electron chi connectivity index (χ3n) is 2.99. The summed E-state index contributed by atoms with van der Waals surface area (Å²) in [6.45, 7) is 0. The average molecular weight is 238 g/mol. The molecule has 2 aromatic carbocycles. The van der Waals surface area contributed by atoms with Gasteiger partial charge >= 0.3 is 0 Å². The summed E-state index contributed by atoms with van der Waals surface area (Å²) < 4.78 is 0. The van der Waals surface area contributed by atoms with E-state index in [1.165, 1.54) is 0 Å². The molecule has 3 aromatic rings. The van der Waals surface area contributed by atoms with Crippen molar-refractivity contribution < 1.29 is 4.79 Å². The molecular formula is C14H10N2O2. The predicted molar refractivity (Wildman–Crippen MR) is 70.6 cm³/mol. The van der Waals surface area contributed by atoms with Crippen molar-refractivity contribution in [2.24, 2.45) is 5.73 Å². The zero-order valence-corrected chi connectivity index (χ0v) is 9.44. The molecular weight excluding hydrogens is 228 g/mol. The number of H-pyrrole nitrogens is 1. The maximum atomic E-state index is 12.2. The topological polar surface area (TPSA) is 76.0 Å². The predicted octanol–water partition coefficient (Wildman–Crippen LogP) is 1.78. The van der Waals surface area contributed by atoms with E-state index in [0.717, 1.165) is 5.52 Å². The van der Waals surface area contributed by atoms with E-state index in [-0.39, 0.29) is 5.43 Å². The Kier molecular flexibility index (Phi) is 2.16. The van der Waals surface area contributed by atoms with Crippen molar-refractivity contribution in [2.75, 3.05) is 0 Å². The highest BCUT2D eigenvalue weighted by Gasteiger charge is 2.07. The first-order valence-corrected chi connectivity index (χ1v) is 5.51. The first-order valence-electron chi connectivity index (χ1n) is 5.51. The molecule has 0 aliphatic carbocycles. The molecule has 0 saturated carbocycles. The number of nitrogens with two attached hydrogens (primary N) is 1. The van der Waals surface area contributed by atoms with E-state index in [4.69, 9.17) is 5.73 Å². The van der Waals surface area contributed by atoms with Crippen molar-refractivity contribution in [3.05, 3.63) is 58.3 Å². The van der Waals surface area contributed by atoms with Crippen LogP contribution in [-0.4, -0.2) is 10.9 Å². The van der Waals surface area contributed by atoms with Gasteiger partial charge in [0.1, 0.15) is 0 Å². The third kappa shape index (κ3) is 1.47. The number of aromatic nitrogens is 1. The Hall–Kier alpha value is -2.62. The van der Waals surface area contributed by atoms with Gasteiger partial charge in [0.2, 0.25) is 5.91 Å². The Labute approximate surface area is 102 Å². The Morgan fingerprint density at radius 3 is 2.50 bits per heavy atom. The van der Waals surface area contributed by atoms with Crippen molar-refractivity contribution >= 4 is 27.7 Å². The number of carbonyl (C=O) groups excluding carboxylic acids is 1. The molecule has 88 valence electrons. The minimum atomic E-state index is -0.508. The summed E-state index contributed by atoms with van der Waals surface area (Å²) in [6, 6.07) is 12.1. The van der Waals surface area contributed by atoms with Crippen LogP contribution in [0, 0.1) is 0 Å². The molecule has 3 N–H and O–H groups in total. The largest absolute Gasteiger partial charge is 0.366 e. The van der Waals surface area contributed by atoms with Crippen LogP contribution in [0.25, 0.3) is 21.8 Å². The molecule has 3 rings (SSSR count). The van der Waals surface area contributed by atoms with Crippen LogP contribution in [0.5, 0.6) is 0 Å². The number of aromatic amines is 1. The van der Waals surface area contributed by atoms with Gasteiger partial charge < -0.3 is 10.7 Å². The first kappa shape index (κ1) is 10.5. The van der Waals surface area contributed by atoms with Crippen LogP contribution in [-0.2, 0) is 0 Å². The Morgan fingerprint density at radius 1 is 1.00 bits per heavy atom. The fourth-order valence-corrected chi connectivity index (χ4v) is 2.08. The van der Waals surface area contributed by atoms with E-state index < -0.39 is 5.91 Å². The minimum Gasteiger partial charge on any atom is -0.366 e. The van der Waals surface area contributed by atoms with Crippen molar-refractivity contribution in [2.45, 2.75) is 0 Å².